The van der Waals surface area contributed by atoms with Gasteiger partial charge in [-0.2, -0.15) is 0 Å². The molecule has 35 heavy (non-hydrogen) atoms. The average Bonchev–Trinajstić information content (AvgIpc) is 2.86. The largest absolute Gasteiger partial charge is 0.484 e. The highest BCUT2D eigenvalue weighted by atomic mass is 35.5. The smallest absolute Gasteiger partial charge is 0.261 e. The molecule has 0 bridgehead atoms. The normalized spacial score (nSPS) is 11.5. The number of carbonyl (C=O) groups excluding carboxylic acids is 2. The molecule has 7 heteroatoms. The molecule has 1 unspecified atom stereocenters. The maximum absolute atomic E-state index is 13.5. The average molecular weight is 513 g/mol. The van der Waals surface area contributed by atoms with Gasteiger partial charge in [0.25, 0.3) is 5.91 Å². The van der Waals surface area contributed by atoms with E-state index in [9.17, 15) is 9.59 Å². The van der Waals surface area contributed by atoms with Crippen LogP contribution in [0.15, 0.2) is 72.8 Å². The topological polar surface area (TPSA) is 58.6 Å². The number of carbonyl (C=O) groups is 2. The van der Waals surface area contributed by atoms with Gasteiger partial charge in [0, 0.05) is 29.6 Å². The van der Waals surface area contributed by atoms with E-state index in [1.807, 2.05) is 56.3 Å². The van der Waals surface area contributed by atoms with Crippen LogP contribution in [0.1, 0.15) is 30.0 Å². The lowest BCUT2D eigenvalue weighted by Crippen LogP contribution is -2.51. The molecule has 0 spiro atoms. The first-order valence-electron chi connectivity index (χ1n) is 11.6. The van der Waals surface area contributed by atoms with Crippen molar-refractivity contribution in [1.29, 1.82) is 0 Å². The summed E-state index contributed by atoms with van der Waals surface area (Å²) in [6.07, 6.45) is 1.17. The second-order valence-corrected chi connectivity index (χ2v) is 9.19. The molecule has 0 aromatic heterocycles. The Morgan fingerprint density at radius 2 is 1.71 bits per heavy atom. The molecule has 0 radical (unpaired) electrons. The van der Waals surface area contributed by atoms with Gasteiger partial charge in [0.1, 0.15) is 11.8 Å². The minimum atomic E-state index is -0.717. The lowest BCUT2D eigenvalue weighted by atomic mass is 10.0. The van der Waals surface area contributed by atoms with Crippen LogP contribution in [0, 0.1) is 6.92 Å². The predicted molar refractivity (Wildman–Crippen MR) is 141 cm³/mol. The predicted octanol–water partition coefficient (Wildman–Crippen LogP) is 5.85. The van der Waals surface area contributed by atoms with E-state index < -0.39 is 6.04 Å². The summed E-state index contributed by atoms with van der Waals surface area (Å²) in [5.74, 6) is 0.0385. The molecule has 0 heterocycles. The molecule has 0 aliphatic carbocycles. The van der Waals surface area contributed by atoms with Gasteiger partial charge in [0.05, 0.1) is 0 Å². The summed E-state index contributed by atoms with van der Waals surface area (Å²) in [5.41, 5.74) is 2.64. The number of halogens is 2. The fraction of sp³-hybridized carbons (Fsp3) is 0.286. The van der Waals surface area contributed by atoms with Crippen molar-refractivity contribution in [2.75, 3.05) is 13.2 Å². The fourth-order valence-electron chi connectivity index (χ4n) is 3.69. The summed E-state index contributed by atoms with van der Waals surface area (Å²) >= 11 is 12.3. The Morgan fingerprint density at radius 1 is 0.971 bits per heavy atom. The molecule has 1 N–H and O–H groups in total. The van der Waals surface area contributed by atoms with E-state index in [4.69, 9.17) is 27.9 Å². The molecule has 184 valence electrons. The van der Waals surface area contributed by atoms with Crippen LogP contribution in [0.4, 0.5) is 0 Å². The summed E-state index contributed by atoms with van der Waals surface area (Å²) in [5, 5.41) is 4.15. The number of nitrogens with zero attached hydrogens (tertiary/aromatic N) is 1. The van der Waals surface area contributed by atoms with Gasteiger partial charge in [-0.05, 0) is 60.4 Å². The lowest BCUT2D eigenvalue weighted by molar-refractivity contribution is -0.142. The molecule has 2 amide bonds. The minimum absolute atomic E-state index is 0.201. The number of hydrogen-bond donors (Lipinski definition) is 1. The van der Waals surface area contributed by atoms with Crippen molar-refractivity contribution >= 4 is 35.0 Å². The third kappa shape index (κ3) is 8.01. The van der Waals surface area contributed by atoms with Crippen molar-refractivity contribution < 1.29 is 14.3 Å². The highest BCUT2D eigenvalue weighted by Gasteiger charge is 2.30. The van der Waals surface area contributed by atoms with Gasteiger partial charge in [-0.1, -0.05) is 72.6 Å². The molecule has 0 aliphatic heterocycles. The first-order chi connectivity index (χ1) is 16.9. The monoisotopic (exact) mass is 512 g/mol. The Labute approximate surface area is 217 Å². The molecule has 1 atom stereocenters. The Bertz CT molecular complexity index is 1140. The zero-order valence-electron chi connectivity index (χ0n) is 20.0. The van der Waals surface area contributed by atoms with Gasteiger partial charge < -0.3 is 15.0 Å². The quantitative estimate of drug-likeness (QED) is 0.350. The number of hydrogen-bond acceptors (Lipinski definition) is 3. The van der Waals surface area contributed by atoms with Crippen molar-refractivity contribution in [2.24, 2.45) is 0 Å². The van der Waals surface area contributed by atoms with Crippen molar-refractivity contribution in [1.82, 2.24) is 10.2 Å². The SMILES string of the molecule is CCCNC(=O)C(Cc1ccccc1)N(Cc1cccc(Cl)c1)C(=O)COc1ccc(Cl)c(C)c1. The summed E-state index contributed by atoms with van der Waals surface area (Å²) in [6, 6.07) is 21.5. The second-order valence-electron chi connectivity index (χ2n) is 8.35. The molecule has 3 aromatic rings. The van der Waals surface area contributed by atoms with Crippen molar-refractivity contribution in [3.8, 4) is 5.75 Å². The number of amides is 2. The van der Waals surface area contributed by atoms with Gasteiger partial charge in [0.15, 0.2) is 6.61 Å². The zero-order valence-corrected chi connectivity index (χ0v) is 21.5. The first kappa shape index (κ1) is 26.6. The molecule has 0 saturated carbocycles. The van der Waals surface area contributed by atoms with E-state index in [1.165, 1.54) is 0 Å². The molecule has 0 aliphatic rings. The van der Waals surface area contributed by atoms with Crippen LogP contribution in [0.5, 0.6) is 5.75 Å². The van der Waals surface area contributed by atoms with Crippen LogP contribution in [0.25, 0.3) is 0 Å². The van der Waals surface area contributed by atoms with Crippen LogP contribution in [0.2, 0.25) is 10.0 Å². The highest BCUT2D eigenvalue weighted by Crippen LogP contribution is 2.22. The third-order valence-electron chi connectivity index (χ3n) is 5.55. The van der Waals surface area contributed by atoms with E-state index >= 15 is 0 Å². The Kier molecular flexibility index (Phi) is 10.0. The number of benzene rings is 3. The van der Waals surface area contributed by atoms with Crippen molar-refractivity contribution in [3.05, 3.63) is 99.5 Å². The summed E-state index contributed by atoms with van der Waals surface area (Å²) in [7, 11) is 0. The Balaban J connectivity index is 1.89. The number of nitrogens with one attached hydrogen (secondary N) is 1. The van der Waals surface area contributed by atoms with E-state index in [2.05, 4.69) is 5.32 Å². The maximum Gasteiger partial charge on any atom is 0.261 e. The van der Waals surface area contributed by atoms with Crippen LogP contribution in [0.3, 0.4) is 0 Å². The second kappa shape index (κ2) is 13.2. The van der Waals surface area contributed by atoms with Crippen molar-refractivity contribution in [2.45, 2.75) is 39.3 Å². The van der Waals surface area contributed by atoms with Crippen molar-refractivity contribution in [3.63, 3.8) is 0 Å². The molecule has 0 saturated heterocycles. The van der Waals surface area contributed by atoms with Gasteiger partial charge in [-0.25, -0.2) is 0 Å². The highest BCUT2D eigenvalue weighted by molar-refractivity contribution is 6.31. The van der Waals surface area contributed by atoms with Crippen LogP contribution in [-0.4, -0.2) is 35.9 Å². The lowest BCUT2D eigenvalue weighted by Gasteiger charge is -2.31. The molecule has 3 rings (SSSR count). The zero-order chi connectivity index (χ0) is 25.2. The number of ether oxygens (including phenoxy) is 1. The van der Waals surface area contributed by atoms with Gasteiger partial charge in [-0.15, -0.1) is 0 Å². The number of aryl methyl sites for hydroxylation is 1. The van der Waals surface area contributed by atoms with Gasteiger partial charge >= 0.3 is 0 Å². The summed E-state index contributed by atoms with van der Waals surface area (Å²) in [4.78, 5) is 28.4. The van der Waals surface area contributed by atoms with E-state index in [-0.39, 0.29) is 25.0 Å². The molecule has 3 aromatic carbocycles. The van der Waals surface area contributed by atoms with Gasteiger partial charge in [-0.3, -0.25) is 9.59 Å². The summed E-state index contributed by atoms with van der Waals surface area (Å²) in [6.45, 7) is 4.40. The van der Waals surface area contributed by atoms with E-state index in [1.54, 1.807) is 35.2 Å². The maximum atomic E-state index is 13.5. The van der Waals surface area contributed by atoms with E-state index in [0.29, 0.717) is 28.8 Å². The summed E-state index contributed by atoms with van der Waals surface area (Å²) < 4.78 is 5.80. The Hall–Kier alpha value is -3.02. The third-order valence-corrected chi connectivity index (χ3v) is 6.21. The standard InChI is InChI=1S/C28H30Cl2N2O3/c1-3-14-31-28(34)26(17-21-8-5-4-6-9-21)32(18-22-10-7-11-23(29)16-22)27(33)19-35-24-12-13-25(30)20(2)15-24/h4-13,15-16,26H,3,14,17-19H2,1-2H3,(H,31,34). The molecule has 5 nitrogen and oxygen atoms in total. The van der Waals surface area contributed by atoms with E-state index in [0.717, 1.165) is 23.1 Å². The van der Waals surface area contributed by atoms with Crippen LogP contribution in [-0.2, 0) is 22.6 Å². The van der Waals surface area contributed by atoms with Crippen LogP contribution < -0.4 is 10.1 Å². The Morgan fingerprint density at radius 3 is 2.40 bits per heavy atom. The molecule has 0 fully saturated rings. The fourth-order valence-corrected chi connectivity index (χ4v) is 4.02. The van der Waals surface area contributed by atoms with Gasteiger partial charge in [0.2, 0.25) is 5.91 Å². The minimum Gasteiger partial charge on any atom is -0.484 e. The molecular formula is C28H30Cl2N2O3. The van der Waals surface area contributed by atoms with Crippen LogP contribution >= 0.6 is 23.2 Å². The first-order valence-corrected chi connectivity index (χ1v) is 12.4. The molecular weight excluding hydrogens is 483 g/mol. The number of rotatable bonds is 11.